The van der Waals surface area contributed by atoms with Crippen LogP contribution in [-0.2, 0) is 11.2 Å². The average Bonchev–Trinajstić information content (AvgIpc) is 2.06. The standard InChI is InChI=1S/C10H7Cl2F3O/c11-7-2-1-6(9(12)4-7)3-8(16)5-10(13,14)15/h1-2,4H,3,5H2. The molecule has 0 heterocycles. The molecule has 1 rings (SSSR count). The summed E-state index contributed by atoms with van der Waals surface area (Å²) in [5.41, 5.74) is 0.348. The zero-order chi connectivity index (χ0) is 12.3. The van der Waals surface area contributed by atoms with Gasteiger partial charge in [0.25, 0.3) is 0 Å². The molecule has 0 saturated carbocycles. The van der Waals surface area contributed by atoms with Gasteiger partial charge in [-0.3, -0.25) is 4.79 Å². The van der Waals surface area contributed by atoms with Crippen LogP contribution in [0.15, 0.2) is 18.2 Å². The Labute approximate surface area is 100 Å². The molecule has 0 bridgehead atoms. The quantitative estimate of drug-likeness (QED) is 0.810. The van der Waals surface area contributed by atoms with Gasteiger partial charge in [0, 0.05) is 16.5 Å². The Morgan fingerprint density at radius 1 is 1.25 bits per heavy atom. The number of halogens is 5. The molecule has 1 aromatic rings. The fourth-order valence-corrected chi connectivity index (χ4v) is 1.64. The van der Waals surface area contributed by atoms with Gasteiger partial charge in [0.2, 0.25) is 0 Å². The van der Waals surface area contributed by atoms with E-state index in [4.69, 9.17) is 23.2 Å². The lowest BCUT2D eigenvalue weighted by atomic mass is 10.1. The van der Waals surface area contributed by atoms with Gasteiger partial charge in [-0.25, -0.2) is 0 Å². The van der Waals surface area contributed by atoms with E-state index in [9.17, 15) is 18.0 Å². The van der Waals surface area contributed by atoms with Crippen molar-refractivity contribution in [3.8, 4) is 0 Å². The molecule has 0 radical (unpaired) electrons. The van der Waals surface area contributed by atoms with Crippen LogP contribution in [0.5, 0.6) is 0 Å². The van der Waals surface area contributed by atoms with Crippen LogP contribution in [0.25, 0.3) is 0 Å². The highest BCUT2D eigenvalue weighted by atomic mass is 35.5. The van der Waals surface area contributed by atoms with E-state index in [0.717, 1.165) is 0 Å². The Kier molecular flexibility index (Phi) is 4.21. The van der Waals surface area contributed by atoms with Crippen LogP contribution >= 0.6 is 23.2 Å². The first kappa shape index (κ1) is 13.3. The van der Waals surface area contributed by atoms with Crippen molar-refractivity contribution in [2.45, 2.75) is 19.0 Å². The highest BCUT2D eigenvalue weighted by molar-refractivity contribution is 6.35. The van der Waals surface area contributed by atoms with Crippen molar-refractivity contribution in [3.05, 3.63) is 33.8 Å². The largest absolute Gasteiger partial charge is 0.395 e. The maximum absolute atomic E-state index is 11.9. The van der Waals surface area contributed by atoms with E-state index >= 15 is 0 Å². The minimum Gasteiger partial charge on any atom is -0.299 e. The van der Waals surface area contributed by atoms with Crippen LogP contribution in [-0.4, -0.2) is 12.0 Å². The molecule has 0 saturated heterocycles. The number of carbonyl (C=O) groups excluding carboxylic acids is 1. The maximum Gasteiger partial charge on any atom is 0.395 e. The number of alkyl halides is 3. The fourth-order valence-electron chi connectivity index (χ4n) is 1.16. The lowest BCUT2D eigenvalue weighted by Gasteiger charge is -2.06. The molecule has 0 aliphatic rings. The number of hydrogen-bond acceptors (Lipinski definition) is 1. The summed E-state index contributed by atoms with van der Waals surface area (Å²) >= 11 is 11.3. The first-order valence-electron chi connectivity index (χ1n) is 4.30. The predicted molar refractivity (Wildman–Crippen MR) is 55.8 cm³/mol. The molecule has 16 heavy (non-hydrogen) atoms. The Balaban J connectivity index is 2.70. The second kappa shape index (κ2) is 5.06. The summed E-state index contributed by atoms with van der Waals surface area (Å²) in [5, 5.41) is 0.569. The molecule has 1 aromatic carbocycles. The van der Waals surface area contributed by atoms with Crippen molar-refractivity contribution in [1.82, 2.24) is 0 Å². The molecule has 0 aromatic heterocycles. The Morgan fingerprint density at radius 2 is 1.88 bits per heavy atom. The van der Waals surface area contributed by atoms with Crippen LogP contribution in [0.2, 0.25) is 10.0 Å². The minimum atomic E-state index is -4.48. The van der Waals surface area contributed by atoms with Crippen LogP contribution in [0, 0.1) is 0 Å². The molecule has 0 unspecified atom stereocenters. The van der Waals surface area contributed by atoms with E-state index < -0.39 is 18.4 Å². The third-order valence-electron chi connectivity index (χ3n) is 1.80. The Morgan fingerprint density at radius 3 is 2.38 bits per heavy atom. The molecule has 0 N–H and O–H groups in total. The minimum absolute atomic E-state index is 0.197. The summed E-state index contributed by atoms with van der Waals surface area (Å²) in [5.74, 6) is -0.920. The Bertz CT molecular complexity index is 402. The lowest BCUT2D eigenvalue weighted by molar-refractivity contribution is -0.151. The van der Waals surface area contributed by atoms with Crippen LogP contribution < -0.4 is 0 Å². The normalized spacial score (nSPS) is 11.6. The zero-order valence-electron chi connectivity index (χ0n) is 7.94. The average molecular weight is 271 g/mol. The number of hydrogen-bond donors (Lipinski definition) is 0. The van der Waals surface area contributed by atoms with Gasteiger partial charge in [-0.2, -0.15) is 13.2 Å². The maximum atomic E-state index is 11.9. The second-order valence-electron chi connectivity index (χ2n) is 3.24. The van der Waals surface area contributed by atoms with Gasteiger partial charge in [0.1, 0.15) is 12.2 Å². The number of benzene rings is 1. The summed E-state index contributed by atoms with van der Waals surface area (Å²) < 4.78 is 35.7. The monoisotopic (exact) mass is 270 g/mol. The van der Waals surface area contributed by atoms with Crippen molar-refractivity contribution in [2.24, 2.45) is 0 Å². The molecule has 0 atom stereocenters. The van der Waals surface area contributed by atoms with Gasteiger partial charge < -0.3 is 0 Å². The van der Waals surface area contributed by atoms with E-state index in [2.05, 4.69) is 0 Å². The molecule has 0 aliphatic carbocycles. The highest BCUT2D eigenvalue weighted by Gasteiger charge is 2.31. The smallest absolute Gasteiger partial charge is 0.299 e. The van der Waals surface area contributed by atoms with Gasteiger partial charge in [0.05, 0.1) is 0 Å². The van der Waals surface area contributed by atoms with E-state index in [0.29, 0.717) is 10.6 Å². The second-order valence-corrected chi connectivity index (χ2v) is 4.09. The third-order valence-corrected chi connectivity index (χ3v) is 2.39. The number of Topliss-reactive ketones (excluding diaryl/α,β-unsaturated/α-hetero) is 1. The summed E-state index contributed by atoms with van der Waals surface area (Å²) in [6.45, 7) is 0. The molecular weight excluding hydrogens is 264 g/mol. The fraction of sp³-hybridized carbons (Fsp3) is 0.300. The van der Waals surface area contributed by atoms with Crippen molar-refractivity contribution in [3.63, 3.8) is 0 Å². The number of carbonyl (C=O) groups is 1. The summed E-state index contributed by atoms with van der Waals surface area (Å²) in [6, 6.07) is 4.31. The summed E-state index contributed by atoms with van der Waals surface area (Å²) in [7, 11) is 0. The highest BCUT2D eigenvalue weighted by Crippen LogP contribution is 2.24. The van der Waals surface area contributed by atoms with Crippen molar-refractivity contribution < 1.29 is 18.0 Å². The number of rotatable bonds is 3. The molecule has 88 valence electrons. The SMILES string of the molecule is O=C(Cc1ccc(Cl)cc1Cl)CC(F)(F)F. The van der Waals surface area contributed by atoms with Gasteiger partial charge in [-0.05, 0) is 17.7 Å². The summed E-state index contributed by atoms with van der Waals surface area (Å²) in [6.07, 6.45) is -6.25. The van der Waals surface area contributed by atoms with Crippen molar-refractivity contribution >= 4 is 29.0 Å². The van der Waals surface area contributed by atoms with Crippen molar-refractivity contribution in [1.29, 1.82) is 0 Å². The molecule has 6 heteroatoms. The van der Waals surface area contributed by atoms with Crippen LogP contribution in [0.3, 0.4) is 0 Å². The lowest BCUT2D eigenvalue weighted by Crippen LogP contribution is -2.16. The van der Waals surface area contributed by atoms with Gasteiger partial charge >= 0.3 is 6.18 Å². The zero-order valence-corrected chi connectivity index (χ0v) is 9.46. The van der Waals surface area contributed by atoms with Crippen molar-refractivity contribution in [2.75, 3.05) is 0 Å². The number of ketones is 1. The van der Waals surface area contributed by atoms with E-state index in [1.165, 1.54) is 18.2 Å². The van der Waals surface area contributed by atoms with E-state index in [-0.39, 0.29) is 11.4 Å². The molecule has 1 nitrogen and oxygen atoms in total. The van der Waals surface area contributed by atoms with Gasteiger partial charge in [0.15, 0.2) is 0 Å². The van der Waals surface area contributed by atoms with Crippen LogP contribution in [0.4, 0.5) is 13.2 Å². The summed E-state index contributed by atoms with van der Waals surface area (Å²) in [4.78, 5) is 11.1. The first-order valence-corrected chi connectivity index (χ1v) is 5.06. The molecule has 0 aliphatic heterocycles. The van der Waals surface area contributed by atoms with E-state index in [1.54, 1.807) is 0 Å². The third kappa shape index (κ3) is 4.41. The molecule has 0 spiro atoms. The van der Waals surface area contributed by atoms with Gasteiger partial charge in [-0.15, -0.1) is 0 Å². The first-order chi connectivity index (χ1) is 7.28. The Hall–Kier alpha value is -0.740. The molecule has 0 fully saturated rings. The predicted octanol–water partition coefficient (Wildman–Crippen LogP) is 4.06. The van der Waals surface area contributed by atoms with Crippen LogP contribution in [0.1, 0.15) is 12.0 Å². The molecule has 0 amide bonds. The van der Waals surface area contributed by atoms with E-state index in [1.807, 2.05) is 0 Å². The molecular formula is C10H7Cl2F3O. The van der Waals surface area contributed by atoms with Gasteiger partial charge in [-0.1, -0.05) is 29.3 Å². The topological polar surface area (TPSA) is 17.1 Å².